The maximum atomic E-state index is 13.6. The van der Waals surface area contributed by atoms with Crippen LogP contribution in [0.25, 0.3) is 5.57 Å². The molecular formula is C26H23ClN2O3. The standard InChI is InChI=1S/C26H23ClN2O3/c1-4-32-21-7-5-6-20(15-21)29-25(30)23(18-10-8-16(2)9-11-18)24(26(29)31)28-22-13-12-19(27)14-17(22)3/h5-15,28H,4H2,1-3H3. The summed E-state index contributed by atoms with van der Waals surface area (Å²) in [6.45, 7) is 6.24. The highest BCUT2D eigenvalue weighted by Crippen LogP contribution is 2.35. The summed E-state index contributed by atoms with van der Waals surface area (Å²) < 4.78 is 5.56. The molecule has 162 valence electrons. The third-order valence-corrected chi connectivity index (χ3v) is 5.49. The second-order valence-electron chi connectivity index (χ2n) is 7.58. The molecule has 0 aliphatic carbocycles. The van der Waals surface area contributed by atoms with Crippen molar-refractivity contribution in [3.8, 4) is 5.75 Å². The number of carbonyl (C=O) groups excluding carboxylic acids is 2. The van der Waals surface area contributed by atoms with Crippen LogP contribution in [0.15, 0.2) is 72.4 Å². The van der Waals surface area contributed by atoms with Crippen molar-refractivity contribution in [1.29, 1.82) is 0 Å². The molecule has 0 radical (unpaired) electrons. The number of ether oxygens (including phenoxy) is 1. The molecule has 0 spiro atoms. The van der Waals surface area contributed by atoms with Crippen LogP contribution < -0.4 is 15.0 Å². The third kappa shape index (κ3) is 4.12. The fourth-order valence-corrected chi connectivity index (χ4v) is 3.88. The molecule has 4 rings (SSSR count). The average Bonchev–Trinajstić information content (AvgIpc) is 3.00. The number of halogens is 1. The summed E-state index contributed by atoms with van der Waals surface area (Å²) in [5, 5.41) is 3.80. The van der Waals surface area contributed by atoms with E-state index >= 15 is 0 Å². The summed E-state index contributed by atoms with van der Waals surface area (Å²) in [6, 6.07) is 19.9. The predicted molar refractivity (Wildman–Crippen MR) is 128 cm³/mol. The van der Waals surface area contributed by atoms with Gasteiger partial charge < -0.3 is 10.1 Å². The molecule has 1 aliphatic heterocycles. The zero-order valence-corrected chi connectivity index (χ0v) is 18.9. The van der Waals surface area contributed by atoms with Crippen molar-refractivity contribution in [3.05, 3.63) is 94.1 Å². The maximum absolute atomic E-state index is 13.6. The normalized spacial score (nSPS) is 13.7. The Bertz CT molecular complexity index is 1230. The fraction of sp³-hybridized carbons (Fsp3) is 0.154. The first kappa shape index (κ1) is 21.7. The molecule has 32 heavy (non-hydrogen) atoms. The van der Waals surface area contributed by atoms with Gasteiger partial charge in [-0.2, -0.15) is 0 Å². The molecule has 0 unspecified atom stereocenters. The molecule has 3 aromatic carbocycles. The molecule has 1 heterocycles. The number of rotatable bonds is 6. The van der Waals surface area contributed by atoms with Gasteiger partial charge in [0.05, 0.1) is 17.9 Å². The summed E-state index contributed by atoms with van der Waals surface area (Å²) in [5.41, 5.74) is 4.32. The van der Waals surface area contributed by atoms with Gasteiger partial charge in [0.25, 0.3) is 11.8 Å². The number of nitrogens with zero attached hydrogens (tertiary/aromatic N) is 1. The summed E-state index contributed by atoms with van der Waals surface area (Å²) in [7, 11) is 0. The van der Waals surface area contributed by atoms with Gasteiger partial charge in [-0.25, -0.2) is 4.90 Å². The van der Waals surface area contributed by atoms with Crippen molar-refractivity contribution in [1.82, 2.24) is 0 Å². The number of carbonyl (C=O) groups is 2. The van der Waals surface area contributed by atoms with Crippen LogP contribution in [0.3, 0.4) is 0 Å². The van der Waals surface area contributed by atoms with Crippen molar-refractivity contribution in [3.63, 3.8) is 0 Å². The highest BCUT2D eigenvalue weighted by molar-refractivity contribution is 6.46. The van der Waals surface area contributed by atoms with Gasteiger partial charge in [0.1, 0.15) is 11.4 Å². The van der Waals surface area contributed by atoms with Crippen LogP contribution in [0, 0.1) is 13.8 Å². The van der Waals surface area contributed by atoms with Gasteiger partial charge in [0, 0.05) is 16.8 Å². The lowest BCUT2D eigenvalue weighted by molar-refractivity contribution is -0.120. The van der Waals surface area contributed by atoms with Crippen molar-refractivity contribution in [2.24, 2.45) is 0 Å². The Morgan fingerprint density at radius 3 is 2.38 bits per heavy atom. The third-order valence-electron chi connectivity index (χ3n) is 5.26. The van der Waals surface area contributed by atoms with Gasteiger partial charge in [-0.15, -0.1) is 0 Å². The van der Waals surface area contributed by atoms with Crippen molar-refractivity contribution < 1.29 is 14.3 Å². The van der Waals surface area contributed by atoms with Gasteiger partial charge in [-0.1, -0.05) is 47.5 Å². The van der Waals surface area contributed by atoms with Gasteiger partial charge in [0.2, 0.25) is 0 Å². The number of aryl methyl sites for hydroxylation is 2. The Kier molecular flexibility index (Phi) is 6.01. The summed E-state index contributed by atoms with van der Waals surface area (Å²) in [4.78, 5) is 28.3. The Morgan fingerprint density at radius 2 is 1.69 bits per heavy atom. The van der Waals surface area contributed by atoms with Crippen molar-refractivity contribution >= 4 is 40.4 Å². The maximum Gasteiger partial charge on any atom is 0.282 e. The van der Waals surface area contributed by atoms with E-state index in [9.17, 15) is 9.59 Å². The quantitative estimate of drug-likeness (QED) is 0.489. The first-order valence-electron chi connectivity index (χ1n) is 10.3. The molecule has 3 aromatic rings. The van der Waals surface area contributed by atoms with Crippen LogP contribution in [0.1, 0.15) is 23.6 Å². The molecule has 2 amide bonds. The van der Waals surface area contributed by atoms with E-state index in [0.29, 0.717) is 39.9 Å². The molecule has 0 saturated carbocycles. The molecule has 0 fully saturated rings. The summed E-state index contributed by atoms with van der Waals surface area (Å²) in [6.07, 6.45) is 0. The van der Waals surface area contributed by atoms with E-state index in [2.05, 4.69) is 5.32 Å². The van der Waals surface area contributed by atoms with Crippen LogP contribution in [0.4, 0.5) is 11.4 Å². The number of benzene rings is 3. The topological polar surface area (TPSA) is 58.6 Å². The lowest BCUT2D eigenvalue weighted by atomic mass is 10.0. The van der Waals surface area contributed by atoms with Crippen LogP contribution >= 0.6 is 11.6 Å². The van der Waals surface area contributed by atoms with E-state index in [4.69, 9.17) is 16.3 Å². The lowest BCUT2D eigenvalue weighted by Gasteiger charge is -2.17. The monoisotopic (exact) mass is 446 g/mol. The number of hydrogen-bond acceptors (Lipinski definition) is 4. The van der Waals surface area contributed by atoms with Gasteiger partial charge >= 0.3 is 0 Å². The molecule has 0 aromatic heterocycles. The van der Waals surface area contributed by atoms with Crippen LogP contribution in [0.2, 0.25) is 5.02 Å². The lowest BCUT2D eigenvalue weighted by Crippen LogP contribution is -2.32. The average molecular weight is 447 g/mol. The fourth-order valence-electron chi connectivity index (χ4n) is 3.65. The highest BCUT2D eigenvalue weighted by Gasteiger charge is 2.40. The van der Waals surface area contributed by atoms with Gasteiger partial charge in [-0.05, 0) is 62.2 Å². The minimum atomic E-state index is -0.423. The van der Waals surface area contributed by atoms with E-state index in [-0.39, 0.29) is 11.6 Å². The Labute approximate surface area is 192 Å². The Hall–Kier alpha value is -3.57. The van der Waals surface area contributed by atoms with E-state index in [0.717, 1.165) is 11.1 Å². The second kappa shape index (κ2) is 8.89. The molecule has 1 N–H and O–H groups in total. The largest absolute Gasteiger partial charge is 0.494 e. The first-order chi connectivity index (χ1) is 15.4. The van der Waals surface area contributed by atoms with Crippen LogP contribution in [0.5, 0.6) is 5.75 Å². The molecule has 1 aliphatic rings. The van der Waals surface area contributed by atoms with Crippen molar-refractivity contribution in [2.45, 2.75) is 20.8 Å². The minimum Gasteiger partial charge on any atom is -0.494 e. The summed E-state index contributed by atoms with van der Waals surface area (Å²) >= 11 is 6.09. The number of anilines is 2. The first-order valence-corrected chi connectivity index (χ1v) is 10.7. The van der Waals surface area contributed by atoms with Gasteiger partial charge in [0.15, 0.2) is 0 Å². The second-order valence-corrected chi connectivity index (χ2v) is 8.01. The van der Waals surface area contributed by atoms with E-state index < -0.39 is 5.91 Å². The van der Waals surface area contributed by atoms with Crippen LogP contribution in [-0.4, -0.2) is 18.4 Å². The molecule has 5 nitrogen and oxygen atoms in total. The molecule has 0 bridgehead atoms. The predicted octanol–water partition coefficient (Wildman–Crippen LogP) is 5.75. The zero-order valence-electron chi connectivity index (χ0n) is 18.1. The molecule has 0 atom stereocenters. The SMILES string of the molecule is CCOc1cccc(N2C(=O)C(Nc3ccc(Cl)cc3C)=C(c3ccc(C)cc3)C2=O)c1. The van der Waals surface area contributed by atoms with E-state index in [1.54, 1.807) is 42.5 Å². The smallest absolute Gasteiger partial charge is 0.282 e. The summed E-state index contributed by atoms with van der Waals surface area (Å²) in [5.74, 6) is -0.215. The minimum absolute atomic E-state index is 0.228. The number of amides is 2. The molecular weight excluding hydrogens is 424 g/mol. The Morgan fingerprint density at radius 1 is 0.938 bits per heavy atom. The number of imide groups is 1. The van der Waals surface area contributed by atoms with Crippen molar-refractivity contribution in [2.75, 3.05) is 16.8 Å². The number of nitrogens with one attached hydrogen (secondary N) is 1. The number of hydrogen-bond donors (Lipinski definition) is 1. The van der Waals surface area contributed by atoms with Crippen LogP contribution in [-0.2, 0) is 9.59 Å². The Balaban J connectivity index is 1.81. The molecule has 6 heteroatoms. The van der Waals surface area contributed by atoms with E-state index in [1.807, 2.05) is 45.0 Å². The van der Waals surface area contributed by atoms with Gasteiger partial charge in [-0.3, -0.25) is 9.59 Å². The highest BCUT2D eigenvalue weighted by atomic mass is 35.5. The molecule has 0 saturated heterocycles. The van der Waals surface area contributed by atoms with E-state index in [1.165, 1.54) is 4.90 Å². The zero-order chi connectivity index (χ0) is 22.8.